The number of Topliss-reactive ketones (excluding diaryl/α,β-unsaturated/α-hetero) is 2. The van der Waals surface area contributed by atoms with E-state index in [1.54, 1.807) is 33.1 Å². The molecule has 3 fully saturated rings. The highest BCUT2D eigenvalue weighted by molar-refractivity contribution is 6.39. The van der Waals surface area contributed by atoms with Crippen LogP contribution in [0.3, 0.4) is 0 Å². The van der Waals surface area contributed by atoms with Crippen molar-refractivity contribution >= 4 is 29.5 Å². The van der Waals surface area contributed by atoms with Gasteiger partial charge in [0.25, 0.3) is 11.7 Å². The number of esters is 1. The summed E-state index contributed by atoms with van der Waals surface area (Å²) < 4.78 is 36.6. The molecule has 2 saturated heterocycles. The number of phenolic OH excluding ortho intramolecular Hbond substituents is 1. The van der Waals surface area contributed by atoms with E-state index in [0.717, 1.165) is 17.6 Å². The number of carbonyl (C=O) groups excluding carboxylic acids is 4. The number of phenols is 1. The van der Waals surface area contributed by atoms with Crippen LogP contribution >= 0.6 is 0 Å². The molecule has 66 heavy (non-hydrogen) atoms. The molecule has 4 aliphatic rings. The Labute approximate surface area is 392 Å². The summed E-state index contributed by atoms with van der Waals surface area (Å²) in [6.45, 7) is 11.7. The second kappa shape index (κ2) is 24.5. The maximum absolute atomic E-state index is 14.5. The Morgan fingerprint density at radius 2 is 1.58 bits per heavy atom. The molecule has 0 aromatic heterocycles. The van der Waals surface area contributed by atoms with Gasteiger partial charge in [0, 0.05) is 52.0 Å². The highest BCUT2D eigenvalue weighted by atomic mass is 16.7. The second-order valence-electron chi connectivity index (χ2n) is 19.5. The van der Waals surface area contributed by atoms with E-state index in [0.29, 0.717) is 57.1 Å². The van der Waals surface area contributed by atoms with Gasteiger partial charge in [0.15, 0.2) is 0 Å². The number of aliphatic hydroxyl groups is 2. The molecular formula is C52H77NO13. The molecule has 1 aromatic carbocycles. The first-order valence-electron chi connectivity index (χ1n) is 24.1. The number of hydrogen-bond donors (Lipinski definition) is 3. The van der Waals surface area contributed by atoms with E-state index in [4.69, 9.17) is 28.4 Å². The fraction of sp³-hybridized carbons (Fsp3) is 0.692. The summed E-state index contributed by atoms with van der Waals surface area (Å²) in [7, 11) is 4.73. The molecule has 5 rings (SSSR count). The number of fused-ring (bicyclic) bond motifs is 3. The number of carbonyl (C=O) groups is 4. The zero-order chi connectivity index (χ0) is 48.3. The molecule has 1 amide bonds. The van der Waals surface area contributed by atoms with E-state index in [9.17, 15) is 34.5 Å². The minimum absolute atomic E-state index is 0.0139. The molecule has 1 aromatic rings. The number of benzene rings is 1. The summed E-state index contributed by atoms with van der Waals surface area (Å²) in [5.41, 5.74) is 2.62. The van der Waals surface area contributed by atoms with Crippen LogP contribution in [0.15, 0.2) is 53.6 Å². The number of piperidine rings is 1. The second-order valence-corrected chi connectivity index (χ2v) is 19.5. The fourth-order valence-corrected chi connectivity index (χ4v) is 10.5. The molecule has 3 aliphatic heterocycles. The van der Waals surface area contributed by atoms with Crippen LogP contribution in [0.25, 0.3) is 6.08 Å². The lowest BCUT2D eigenvalue weighted by Gasteiger charge is -2.47. The summed E-state index contributed by atoms with van der Waals surface area (Å²) in [5, 5.41) is 33.5. The Kier molecular flexibility index (Phi) is 19.7. The minimum atomic E-state index is -2.51. The van der Waals surface area contributed by atoms with Gasteiger partial charge in [0.05, 0.1) is 37.1 Å². The highest BCUT2D eigenvalue weighted by Gasteiger charge is 2.56. The largest absolute Gasteiger partial charge is 0.508 e. The van der Waals surface area contributed by atoms with Gasteiger partial charge < -0.3 is 48.6 Å². The molecule has 2 bridgehead atoms. The molecule has 14 heteroatoms. The standard InChI is InChI=1S/C52H77NO13/c1-10-38-25-31(2)24-32(3)26-45(62-8)48-46(63-9)28-34(5)52(60,66-48)49(57)50(58)53-22-12-11-15-40(53)51(59)65-47(35(6)41(55)30-42(38)56)33(4)27-37-18-21-43(44(29-37)61-7)64-23-13-14-36-16-19-39(54)20-17-36/h13-14,16-17,19-20,25,27,32,34-35,37-38,40-41,43-48,54-55,60H,10-12,15,18,21-24,26,28-30H2,1-9H3/b14-13?,31-25+,33-27?. The van der Waals surface area contributed by atoms with Gasteiger partial charge in [-0.1, -0.05) is 69.7 Å². The third kappa shape index (κ3) is 13.3. The smallest absolute Gasteiger partial charge is 0.329 e. The molecule has 3 N–H and O–H groups in total. The average molecular weight is 924 g/mol. The predicted octanol–water partition coefficient (Wildman–Crippen LogP) is 6.92. The van der Waals surface area contributed by atoms with E-state index in [1.165, 1.54) is 19.1 Å². The van der Waals surface area contributed by atoms with Crippen LogP contribution in [-0.4, -0.2) is 133 Å². The van der Waals surface area contributed by atoms with Crippen molar-refractivity contribution in [2.45, 2.75) is 167 Å². The van der Waals surface area contributed by atoms with E-state index < -0.39 is 77.8 Å². The molecule has 3 heterocycles. The average Bonchev–Trinajstić information content (AvgIpc) is 3.30. The van der Waals surface area contributed by atoms with Gasteiger partial charge in [-0.25, -0.2) is 4.79 Å². The van der Waals surface area contributed by atoms with E-state index >= 15 is 0 Å². The first-order valence-corrected chi connectivity index (χ1v) is 24.1. The van der Waals surface area contributed by atoms with Crippen molar-refractivity contribution in [3.63, 3.8) is 0 Å². The molecule has 14 nitrogen and oxygen atoms in total. The van der Waals surface area contributed by atoms with Crippen molar-refractivity contribution in [3.05, 3.63) is 59.2 Å². The lowest BCUT2D eigenvalue weighted by Crippen LogP contribution is -2.64. The number of aliphatic hydroxyl groups excluding tert-OH is 1. The van der Waals surface area contributed by atoms with Crippen molar-refractivity contribution in [3.8, 4) is 5.75 Å². The van der Waals surface area contributed by atoms with Crippen LogP contribution in [0.1, 0.15) is 118 Å². The fourth-order valence-electron chi connectivity index (χ4n) is 10.5. The summed E-state index contributed by atoms with van der Waals surface area (Å²) in [6.07, 6.45) is 8.44. The number of ether oxygens (including phenoxy) is 6. The van der Waals surface area contributed by atoms with E-state index in [2.05, 4.69) is 13.0 Å². The van der Waals surface area contributed by atoms with E-state index in [-0.39, 0.29) is 61.4 Å². The van der Waals surface area contributed by atoms with Gasteiger partial charge in [-0.3, -0.25) is 14.4 Å². The van der Waals surface area contributed by atoms with Crippen LogP contribution in [0.4, 0.5) is 0 Å². The number of methoxy groups -OCH3 is 3. The number of allylic oxidation sites excluding steroid dienone is 3. The summed E-state index contributed by atoms with van der Waals surface area (Å²) >= 11 is 0. The Morgan fingerprint density at radius 3 is 2.24 bits per heavy atom. The number of aromatic hydroxyl groups is 1. The predicted molar refractivity (Wildman–Crippen MR) is 249 cm³/mol. The van der Waals surface area contributed by atoms with Crippen molar-refractivity contribution in [1.82, 2.24) is 4.90 Å². The Balaban J connectivity index is 1.44. The van der Waals surface area contributed by atoms with Crippen LogP contribution in [0.5, 0.6) is 5.75 Å². The molecule has 1 aliphatic carbocycles. The van der Waals surface area contributed by atoms with Crippen molar-refractivity contribution in [2.24, 2.45) is 29.6 Å². The number of hydrogen-bond acceptors (Lipinski definition) is 13. The van der Waals surface area contributed by atoms with Gasteiger partial charge in [-0.2, -0.15) is 0 Å². The molecule has 0 radical (unpaired) electrons. The Bertz CT molecular complexity index is 1880. The number of amides is 1. The van der Waals surface area contributed by atoms with Crippen LogP contribution in [0.2, 0.25) is 0 Å². The zero-order valence-corrected chi connectivity index (χ0v) is 40.7. The Hall–Kier alpha value is -3.76. The van der Waals surface area contributed by atoms with E-state index in [1.807, 2.05) is 51.1 Å². The molecule has 368 valence electrons. The molecule has 0 spiro atoms. The third-order valence-corrected chi connectivity index (χ3v) is 14.5. The SMILES string of the molecule is CCC1/C=C(\C)CC(C)CC(OC)C2OC(O)(C(=O)C(=O)N3CCCCC3C(=O)OC(C(C)=CC3CCC(OCC=Cc4ccc(O)cc4)C(OC)C3)C(C)C(O)CC1=O)C(C)CC2OC. The van der Waals surface area contributed by atoms with Crippen LogP contribution in [0, 0.1) is 29.6 Å². The summed E-state index contributed by atoms with van der Waals surface area (Å²) in [4.78, 5) is 58.4. The number of nitrogens with zero attached hydrogens (tertiary/aromatic N) is 1. The van der Waals surface area contributed by atoms with Crippen molar-refractivity contribution < 1.29 is 62.9 Å². The number of rotatable bonds is 10. The van der Waals surface area contributed by atoms with Crippen molar-refractivity contribution in [2.75, 3.05) is 34.5 Å². The summed E-state index contributed by atoms with van der Waals surface area (Å²) in [6, 6.07) is 5.77. The maximum atomic E-state index is 14.5. The van der Waals surface area contributed by atoms with Gasteiger partial charge >= 0.3 is 5.97 Å². The lowest BCUT2D eigenvalue weighted by atomic mass is 9.81. The van der Waals surface area contributed by atoms with Gasteiger partial charge in [-0.05, 0) is 113 Å². The Morgan fingerprint density at radius 1 is 0.894 bits per heavy atom. The first-order chi connectivity index (χ1) is 31.4. The highest BCUT2D eigenvalue weighted by Crippen LogP contribution is 2.39. The molecule has 14 unspecified atom stereocenters. The molecule has 1 saturated carbocycles. The molecule has 14 atom stereocenters. The first kappa shape index (κ1) is 53.2. The quantitative estimate of drug-likeness (QED) is 0.125. The van der Waals surface area contributed by atoms with Gasteiger partial charge in [-0.15, -0.1) is 0 Å². The minimum Gasteiger partial charge on any atom is -0.508 e. The van der Waals surface area contributed by atoms with Gasteiger partial charge in [0.2, 0.25) is 5.79 Å². The summed E-state index contributed by atoms with van der Waals surface area (Å²) in [5.74, 6) is -7.33. The third-order valence-electron chi connectivity index (χ3n) is 14.5. The lowest BCUT2D eigenvalue weighted by molar-refractivity contribution is -0.302. The monoisotopic (exact) mass is 924 g/mol. The maximum Gasteiger partial charge on any atom is 0.329 e. The van der Waals surface area contributed by atoms with Gasteiger partial charge in [0.1, 0.15) is 29.8 Å². The zero-order valence-electron chi connectivity index (χ0n) is 40.7. The molecular weight excluding hydrogens is 847 g/mol. The van der Waals surface area contributed by atoms with Crippen LogP contribution < -0.4 is 0 Å². The topological polar surface area (TPSA) is 188 Å². The number of ketones is 2. The van der Waals surface area contributed by atoms with Crippen LogP contribution in [-0.2, 0) is 47.6 Å². The normalized spacial score (nSPS) is 37.1. The number of cyclic esters (lactones) is 1. The van der Waals surface area contributed by atoms with Crippen molar-refractivity contribution in [1.29, 1.82) is 0 Å².